The number of hydrogen-bond acceptors (Lipinski definition) is 3. The summed E-state index contributed by atoms with van der Waals surface area (Å²) < 4.78 is 0. The highest BCUT2D eigenvalue weighted by Gasteiger charge is 2.49. The van der Waals surface area contributed by atoms with E-state index >= 15 is 0 Å². The minimum atomic E-state index is -1.23. The molecule has 0 spiro atoms. The molecule has 1 atom stereocenters. The number of hydrazine groups is 1. The van der Waals surface area contributed by atoms with Crippen LogP contribution in [0.1, 0.15) is 18.1 Å². The highest BCUT2D eigenvalue weighted by molar-refractivity contribution is 6.31. The number of halogens is 1. The molecule has 0 saturated carbocycles. The van der Waals surface area contributed by atoms with Crippen LogP contribution in [0, 0.1) is 0 Å². The lowest BCUT2D eigenvalue weighted by molar-refractivity contribution is -0.138. The zero-order chi connectivity index (χ0) is 18.0. The number of rotatable bonds is 4. The molecule has 1 aliphatic rings. The molecule has 1 fully saturated rings. The van der Waals surface area contributed by atoms with E-state index in [4.69, 9.17) is 11.6 Å². The maximum Gasteiger partial charge on any atom is 0.344 e. The van der Waals surface area contributed by atoms with Crippen LogP contribution in [0.5, 0.6) is 0 Å². The molecule has 2 aromatic carbocycles. The van der Waals surface area contributed by atoms with E-state index in [1.165, 1.54) is 0 Å². The van der Waals surface area contributed by atoms with Crippen molar-refractivity contribution in [3.05, 3.63) is 70.7 Å². The van der Waals surface area contributed by atoms with Gasteiger partial charge in [0.15, 0.2) is 0 Å². The van der Waals surface area contributed by atoms with Gasteiger partial charge in [-0.05, 0) is 24.1 Å². The highest BCUT2D eigenvalue weighted by atomic mass is 35.5. The standard InChI is InChI=1S/C18H16ClN3O3/c1-18(13-8-3-2-4-9-13)16(24)22(17(25)20-18)21-15(23)11-12-7-5-6-10-14(12)19/h2-10H,11H2,1H3,(H,20,25)(H,21,23). The Morgan fingerprint density at radius 3 is 2.44 bits per heavy atom. The fourth-order valence-electron chi connectivity index (χ4n) is 2.69. The monoisotopic (exact) mass is 357 g/mol. The first-order chi connectivity index (χ1) is 11.9. The van der Waals surface area contributed by atoms with Crippen LogP contribution in [-0.4, -0.2) is 22.9 Å². The van der Waals surface area contributed by atoms with E-state index in [9.17, 15) is 14.4 Å². The fourth-order valence-corrected chi connectivity index (χ4v) is 2.89. The number of benzene rings is 2. The van der Waals surface area contributed by atoms with Gasteiger partial charge in [-0.15, -0.1) is 0 Å². The molecule has 0 bridgehead atoms. The first-order valence-electron chi connectivity index (χ1n) is 7.67. The number of urea groups is 1. The van der Waals surface area contributed by atoms with Crippen LogP contribution in [0.4, 0.5) is 4.79 Å². The van der Waals surface area contributed by atoms with Gasteiger partial charge in [-0.3, -0.25) is 15.0 Å². The fraction of sp³-hybridized carbons (Fsp3) is 0.167. The molecule has 6 nitrogen and oxygen atoms in total. The van der Waals surface area contributed by atoms with Crippen molar-refractivity contribution in [2.45, 2.75) is 18.9 Å². The van der Waals surface area contributed by atoms with Crippen molar-refractivity contribution in [1.82, 2.24) is 15.8 Å². The minimum absolute atomic E-state index is 0.0429. The zero-order valence-electron chi connectivity index (χ0n) is 13.5. The Balaban J connectivity index is 1.75. The summed E-state index contributed by atoms with van der Waals surface area (Å²) in [6.45, 7) is 1.60. The smallest absolute Gasteiger partial charge is 0.318 e. The Morgan fingerprint density at radius 1 is 1.12 bits per heavy atom. The number of nitrogens with one attached hydrogen (secondary N) is 2. The highest BCUT2D eigenvalue weighted by Crippen LogP contribution is 2.27. The maximum atomic E-state index is 12.7. The van der Waals surface area contributed by atoms with E-state index in [0.29, 0.717) is 21.2 Å². The number of carbonyl (C=O) groups is 3. The molecule has 0 aromatic heterocycles. The average molecular weight is 358 g/mol. The number of carbonyl (C=O) groups excluding carboxylic acids is 3. The Morgan fingerprint density at radius 2 is 1.76 bits per heavy atom. The minimum Gasteiger partial charge on any atom is -0.318 e. The summed E-state index contributed by atoms with van der Waals surface area (Å²) in [5.41, 5.74) is 2.37. The van der Waals surface area contributed by atoms with Gasteiger partial charge in [0.1, 0.15) is 5.54 Å². The van der Waals surface area contributed by atoms with Crippen molar-refractivity contribution in [3.63, 3.8) is 0 Å². The molecule has 0 aliphatic carbocycles. The molecule has 7 heteroatoms. The lowest BCUT2D eigenvalue weighted by atomic mass is 9.92. The van der Waals surface area contributed by atoms with Crippen LogP contribution in [-0.2, 0) is 21.5 Å². The molecule has 1 saturated heterocycles. The van der Waals surface area contributed by atoms with E-state index in [1.807, 2.05) is 6.07 Å². The van der Waals surface area contributed by atoms with Gasteiger partial charge in [0, 0.05) is 5.02 Å². The Labute approximate surface area is 149 Å². The van der Waals surface area contributed by atoms with Gasteiger partial charge in [0.05, 0.1) is 6.42 Å². The third-order valence-electron chi connectivity index (χ3n) is 4.09. The third kappa shape index (κ3) is 3.21. The molecular weight excluding hydrogens is 342 g/mol. The second-order valence-electron chi connectivity index (χ2n) is 5.86. The largest absolute Gasteiger partial charge is 0.344 e. The van der Waals surface area contributed by atoms with E-state index in [2.05, 4.69) is 10.7 Å². The zero-order valence-corrected chi connectivity index (χ0v) is 14.2. The Hall–Kier alpha value is -2.86. The van der Waals surface area contributed by atoms with Crippen molar-refractivity contribution in [2.24, 2.45) is 0 Å². The van der Waals surface area contributed by atoms with Gasteiger partial charge in [-0.2, -0.15) is 5.01 Å². The van der Waals surface area contributed by atoms with E-state index in [-0.39, 0.29) is 6.42 Å². The Bertz CT molecular complexity index is 840. The molecule has 1 heterocycles. The van der Waals surface area contributed by atoms with Crippen LogP contribution in [0.15, 0.2) is 54.6 Å². The van der Waals surface area contributed by atoms with Gasteiger partial charge in [-0.25, -0.2) is 4.79 Å². The molecule has 4 amide bonds. The molecule has 128 valence electrons. The second-order valence-corrected chi connectivity index (χ2v) is 6.27. The summed E-state index contributed by atoms with van der Waals surface area (Å²) in [4.78, 5) is 37.1. The molecule has 0 radical (unpaired) electrons. The van der Waals surface area contributed by atoms with Crippen LogP contribution in [0.3, 0.4) is 0 Å². The normalized spacial score (nSPS) is 19.7. The summed E-state index contributed by atoms with van der Waals surface area (Å²) in [5, 5.41) is 3.79. The van der Waals surface area contributed by atoms with E-state index in [0.717, 1.165) is 0 Å². The lowest BCUT2D eigenvalue weighted by Crippen LogP contribution is -2.48. The predicted molar refractivity (Wildman–Crippen MR) is 92.5 cm³/mol. The molecule has 2 aromatic rings. The van der Waals surface area contributed by atoms with Crippen molar-refractivity contribution < 1.29 is 14.4 Å². The van der Waals surface area contributed by atoms with Crippen molar-refractivity contribution in [1.29, 1.82) is 0 Å². The first kappa shape index (κ1) is 17.0. The third-order valence-corrected chi connectivity index (χ3v) is 4.46. The summed E-state index contributed by atoms with van der Waals surface area (Å²) >= 11 is 6.03. The summed E-state index contributed by atoms with van der Waals surface area (Å²) in [5.74, 6) is -1.05. The summed E-state index contributed by atoms with van der Waals surface area (Å²) in [6, 6.07) is 15.1. The van der Waals surface area contributed by atoms with E-state index in [1.54, 1.807) is 55.5 Å². The van der Waals surface area contributed by atoms with Crippen molar-refractivity contribution in [2.75, 3.05) is 0 Å². The van der Waals surface area contributed by atoms with Crippen LogP contribution in [0.25, 0.3) is 0 Å². The van der Waals surface area contributed by atoms with Crippen molar-refractivity contribution in [3.8, 4) is 0 Å². The number of amides is 4. The predicted octanol–water partition coefficient (Wildman–Crippen LogP) is 2.38. The van der Waals surface area contributed by atoms with Gasteiger partial charge < -0.3 is 5.32 Å². The van der Waals surface area contributed by atoms with Crippen LogP contribution >= 0.6 is 11.6 Å². The van der Waals surface area contributed by atoms with Crippen LogP contribution in [0.2, 0.25) is 5.02 Å². The molecule has 1 aliphatic heterocycles. The Kier molecular flexibility index (Phi) is 4.46. The van der Waals surface area contributed by atoms with Gasteiger partial charge >= 0.3 is 6.03 Å². The summed E-state index contributed by atoms with van der Waals surface area (Å²) in [7, 11) is 0. The summed E-state index contributed by atoms with van der Waals surface area (Å²) in [6.07, 6.45) is -0.0429. The van der Waals surface area contributed by atoms with Gasteiger partial charge in [0.25, 0.3) is 5.91 Å². The van der Waals surface area contributed by atoms with Crippen LogP contribution < -0.4 is 10.7 Å². The average Bonchev–Trinajstić information content (AvgIpc) is 2.82. The molecule has 2 N–H and O–H groups in total. The number of imide groups is 1. The van der Waals surface area contributed by atoms with Gasteiger partial charge in [0.2, 0.25) is 5.91 Å². The second kappa shape index (κ2) is 6.57. The van der Waals surface area contributed by atoms with Crippen molar-refractivity contribution >= 4 is 29.4 Å². The lowest BCUT2D eigenvalue weighted by Gasteiger charge is -2.22. The quantitative estimate of drug-likeness (QED) is 0.825. The topological polar surface area (TPSA) is 78.5 Å². The molecule has 3 rings (SSSR count). The molecule has 25 heavy (non-hydrogen) atoms. The number of hydrogen-bond donors (Lipinski definition) is 2. The SMILES string of the molecule is CC1(c2ccccc2)NC(=O)N(NC(=O)Cc2ccccc2Cl)C1=O. The molecular formula is C18H16ClN3O3. The maximum absolute atomic E-state index is 12.7. The molecule has 1 unspecified atom stereocenters. The first-order valence-corrected chi connectivity index (χ1v) is 8.05. The number of nitrogens with zero attached hydrogens (tertiary/aromatic N) is 1. The van der Waals surface area contributed by atoms with E-state index < -0.39 is 23.4 Å². The van der Waals surface area contributed by atoms with Gasteiger partial charge in [-0.1, -0.05) is 60.1 Å².